The van der Waals surface area contributed by atoms with Crippen molar-refractivity contribution in [2.75, 3.05) is 0 Å². The molecule has 1 aromatic rings. The van der Waals surface area contributed by atoms with E-state index in [0.29, 0.717) is 0 Å². The SMILES string of the molecule is C=[C]c1ccc(CCC)cc1. The van der Waals surface area contributed by atoms with Gasteiger partial charge >= 0.3 is 0 Å². The lowest BCUT2D eigenvalue weighted by Gasteiger charge is -1.97. The van der Waals surface area contributed by atoms with E-state index in [0.717, 1.165) is 12.0 Å². The molecule has 0 spiro atoms. The molecule has 0 aliphatic rings. The third-order valence-electron chi connectivity index (χ3n) is 1.70. The van der Waals surface area contributed by atoms with Crippen molar-refractivity contribution in [3.63, 3.8) is 0 Å². The van der Waals surface area contributed by atoms with Crippen molar-refractivity contribution >= 4 is 0 Å². The van der Waals surface area contributed by atoms with Crippen LogP contribution in [0.3, 0.4) is 0 Å². The van der Waals surface area contributed by atoms with Crippen molar-refractivity contribution in [2.24, 2.45) is 0 Å². The van der Waals surface area contributed by atoms with Crippen molar-refractivity contribution in [3.8, 4) is 0 Å². The summed E-state index contributed by atoms with van der Waals surface area (Å²) in [6.45, 7) is 5.77. The lowest BCUT2D eigenvalue weighted by molar-refractivity contribution is 0.921. The lowest BCUT2D eigenvalue weighted by atomic mass is 10.1. The molecule has 0 aliphatic heterocycles. The van der Waals surface area contributed by atoms with E-state index in [2.05, 4.69) is 43.8 Å². The topological polar surface area (TPSA) is 0 Å². The fourth-order valence-electron chi connectivity index (χ4n) is 1.08. The molecular formula is C11H13. The highest BCUT2D eigenvalue weighted by Gasteiger charge is 1.89. The molecule has 0 atom stereocenters. The average Bonchev–Trinajstić information content (AvgIpc) is 2.07. The van der Waals surface area contributed by atoms with Crippen molar-refractivity contribution in [1.82, 2.24) is 0 Å². The molecule has 1 rings (SSSR count). The Balaban J connectivity index is 2.74. The van der Waals surface area contributed by atoms with E-state index in [1.165, 1.54) is 12.0 Å². The maximum absolute atomic E-state index is 3.58. The summed E-state index contributed by atoms with van der Waals surface area (Å²) in [6, 6.07) is 8.38. The fraction of sp³-hybridized carbons (Fsp3) is 0.273. The second-order valence-electron chi connectivity index (χ2n) is 2.62. The Hall–Kier alpha value is -1.04. The molecule has 0 aromatic heterocycles. The van der Waals surface area contributed by atoms with Gasteiger partial charge in [0, 0.05) is 0 Å². The minimum Gasteiger partial charge on any atom is -0.0906 e. The van der Waals surface area contributed by atoms with E-state index < -0.39 is 0 Å². The zero-order chi connectivity index (χ0) is 8.10. The van der Waals surface area contributed by atoms with Crippen molar-refractivity contribution in [2.45, 2.75) is 19.8 Å². The minimum atomic E-state index is 1.07. The lowest BCUT2D eigenvalue weighted by Crippen LogP contribution is -1.82. The van der Waals surface area contributed by atoms with Gasteiger partial charge in [-0.2, -0.15) is 0 Å². The number of aryl methyl sites for hydroxylation is 1. The van der Waals surface area contributed by atoms with Crippen molar-refractivity contribution in [3.05, 3.63) is 48.0 Å². The van der Waals surface area contributed by atoms with E-state index in [9.17, 15) is 0 Å². The van der Waals surface area contributed by atoms with Crippen LogP contribution in [0, 0.1) is 6.08 Å². The fourth-order valence-corrected chi connectivity index (χ4v) is 1.08. The van der Waals surface area contributed by atoms with E-state index in [4.69, 9.17) is 0 Å². The van der Waals surface area contributed by atoms with Crippen LogP contribution in [0.1, 0.15) is 24.5 Å². The third kappa shape index (κ3) is 2.23. The standard InChI is InChI=1S/C11H13/c1-3-5-11-8-6-10(4-2)7-9-11/h6-9H,2-3,5H2,1H3. The van der Waals surface area contributed by atoms with E-state index in [1.807, 2.05) is 0 Å². The maximum Gasteiger partial charge on any atom is -0.0183 e. The molecule has 0 saturated carbocycles. The van der Waals surface area contributed by atoms with Crippen LogP contribution >= 0.6 is 0 Å². The van der Waals surface area contributed by atoms with Crippen LogP contribution in [0.15, 0.2) is 30.8 Å². The third-order valence-corrected chi connectivity index (χ3v) is 1.70. The predicted molar refractivity (Wildman–Crippen MR) is 48.4 cm³/mol. The summed E-state index contributed by atoms with van der Waals surface area (Å²) in [4.78, 5) is 0. The highest BCUT2D eigenvalue weighted by molar-refractivity contribution is 5.26. The molecule has 0 heteroatoms. The summed E-state index contributed by atoms with van der Waals surface area (Å²) in [7, 11) is 0. The van der Waals surface area contributed by atoms with Crippen LogP contribution in [0.25, 0.3) is 0 Å². The Morgan fingerprint density at radius 1 is 1.27 bits per heavy atom. The first kappa shape index (κ1) is 8.06. The molecule has 0 N–H and O–H groups in total. The molecule has 57 valence electrons. The van der Waals surface area contributed by atoms with Crippen LogP contribution in [0.2, 0.25) is 0 Å². The summed E-state index contributed by atoms with van der Waals surface area (Å²) in [5, 5.41) is 0. The molecule has 0 fully saturated rings. The number of hydrogen-bond donors (Lipinski definition) is 0. The zero-order valence-corrected chi connectivity index (χ0v) is 6.93. The first-order chi connectivity index (χ1) is 5.36. The van der Waals surface area contributed by atoms with Gasteiger partial charge in [-0.05, 0) is 23.6 Å². The quantitative estimate of drug-likeness (QED) is 0.613. The van der Waals surface area contributed by atoms with Crippen molar-refractivity contribution in [1.29, 1.82) is 0 Å². The second kappa shape index (κ2) is 3.97. The van der Waals surface area contributed by atoms with Gasteiger partial charge in [0.1, 0.15) is 0 Å². The smallest absolute Gasteiger partial charge is 0.0183 e. The molecule has 0 saturated heterocycles. The van der Waals surface area contributed by atoms with Gasteiger partial charge in [-0.1, -0.05) is 44.2 Å². The molecule has 1 radical (unpaired) electrons. The summed E-state index contributed by atoms with van der Waals surface area (Å²) in [5.74, 6) is 0. The van der Waals surface area contributed by atoms with Crippen molar-refractivity contribution < 1.29 is 0 Å². The van der Waals surface area contributed by atoms with Crippen LogP contribution in [-0.2, 0) is 6.42 Å². The minimum absolute atomic E-state index is 1.07. The van der Waals surface area contributed by atoms with Gasteiger partial charge in [0.25, 0.3) is 0 Å². The molecule has 0 aliphatic carbocycles. The van der Waals surface area contributed by atoms with Gasteiger partial charge in [0.15, 0.2) is 0 Å². The van der Waals surface area contributed by atoms with E-state index in [-0.39, 0.29) is 0 Å². The van der Waals surface area contributed by atoms with E-state index in [1.54, 1.807) is 0 Å². The molecule has 0 amide bonds. The molecule has 11 heavy (non-hydrogen) atoms. The van der Waals surface area contributed by atoms with Crippen LogP contribution in [0.5, 0.6) is 0 Å². The van der Waals surface area contributed by atoms with E-state index >= 15 is 0 Å². The Labute approximate surface area is 68.6 Å². The largest absolute Gasteiger partial charge is 0.0906 e. The van der Waals surface area contributed by atoms with Gasteiger partial charge in [-0.25, -0.2) is 0 Å². The van der Waals surface area contributed by atoms with Gasteiger partial charge in [0.05, 0.1) is 0 Å². The number of hydrogen-bond acceptors (Lipinski definition) is 0. The van der Waals surface area contributed by atoms with Gasteiger partial charge in [-0.3, -0.25) is 0 Å². The van der Waals surface area contributed by atoms with Crippen LogP contribution in [0.4, 0.5) is 0 Å². The Kier molecular flexibility index (Phi) is 2.91. The molecule has 0 nitrogen and oxygen atoms in total. The summed E-state index contributed by atoms with van der Waals surface area (Å²) in [5.41, 5.74) is 2.47. The average molecular weight is 145 g/mol. The zero-order valence-electron chi connectivity index (χ0n) is 6.93. The predicted octanol–water partition coefficient (Wildman–Crippen LogP) is 2.98. The Bertz CT molecular complexity index is 218. The molecule has 0 bridgehead atoms. The number of rotatable bonds is 3. The second-order valence-corrected chi connectivity index (χ2v) is 2.62. The highest BCUT2D eigenvalue weighted by atomic mass is 13.9. The summed E-state index contributed by atoms with van der Waals surface area (Å²) >= 11 is 0. The highest BCUT2D eigenvalue weighted by Crippen LogP contribution is 2.05. The van der Waals surface area contributed by atoms with Crippen LogP contribution < -0.4 is 0 Å². The van der Waals surface area contributed by atoms with Gasteiger partial charge in [-0.15, -0.1) is 0 Å². The Morgan fingerprint density at radius 2 is 1.91 bits per heavy atom. The monoisotopic (exact) mass is 145 g/mol. The first-order valence-electron chi connectivity index (χ1n) is 3.99. The first-order valence-corrected chi connectivity index (χ1v) is 3.99. The van der Waals surface area contributed by atoms with Crippen LogP contribution in [-0.4, -0.2) is 0 Å². The maximum atomic E-state index is 3.58. The Morgan fingerprint density at radius 3 is 2.36 bits per heavy atom. The molecule has 1 aromatic carbocycles. The normalized spacial score (nSPS) is 9.55. The summed E-state index contributed by atoms with van der Waals surface area (Å²) < 4.78 is 0. The van der Waals surface area contributed by atoms with Gasteiger partial charge in [0.2, 0.25) is 0 Å². The molecule has 0 heterocycles. The number of benzene rings is 1. The summed E-state index contributed by atoms with van der Waals surface area (Å²) in [6.07, 6.45) is 5.22. The molecular weight excluding hydrogens is 132 g/mol. The van der Waals surface area contributed by atoms with Gasteiger partial charge < -0.3 is 0 Å². The molecule has 0 unspecified atom stereocenters.